The number of carbonyl (C=O) groups is 3. The highest BCUT2D eigenvalue weighted by atomic mass is 35.5. The van der Waals surface area contributed by atoms with E-state index in [4.69, 9.17) is 27.6 Å². The fourth-order valence-electron chi connectivity index (χ4n) is 1.65. The average Bonchev–Trinajstić information content (AvgIpc) is 2.41. The molecule has 1 atom stereocenters. The highest BCUT2D eigenvalue weighted by Crippen LogP contribution is 2.21. The van der Waals surface area contributed by atoms with Crippen LogP contribution < -0.4 is 16.2 Å². The van der Waals surface area contributed by atoms with Crippen LogP contribution in [0.3, 0.4) is 0 Å². The first kappa shape index (κ1) is 18.9. The maximum Gasteiger partial charge on any atom is 0.326 e. The van der Waals surface area contributed by atoms with E-state index in [0.29, 0.717) is 0 Å². The number of primary amides is 1. The number of nitrogens with one attached hydrogen (secondary N) is 1. The molecular weight excluding hydrogens is 350 g/mol. The van der Waals surface area contributed by atoms with Gasteiger partial charge in [0, 0.05) is 12.0 Å². The number of benzene rings is 1. The Morgan fingerprint density at radius 2 is 1.91 bits per heavy atom. The molecule has 0 saturated heterocycles. The molecule has 1 aromatic carbocycles. The van der Waals surface area contributed by atoms with Gasteiger partial charge in [-0.15, -0.1) is 0 Å². The van der Waals surface area contributed by atoms with Crippen LogP contribution in [0.25, 0.3) is 0 Å². The first-order valence-corrected chi connectivity index (χ1v) is 8.09. The molecule has 0 heterocycles. The number of hydrogen-bond acceptors (Lipinski definition) is 5. The van der Waals surface area contributed by atoms with Crippen molar-refractivity contribution in [1.82, 2.24) is 5.32 Å². The highest BCUT2D eigenvalue weighted by Gasteiger charge is 2.22. The van der Waals surface area contributed by atoms with Gasteiger partial charge in [-0.2, -0.15) is 0 Å². The molecule has 1 aromatic rings. The smallest absolute Gasteiger partial charge is 0.326 e. The molecule has 0 radical (unpaired) electrons. The number of amides is 2. The Morgan fingerprint density at radius 1 is 1.30 bits per heavy atom. The molecule has 0 spiro atoms. The van der Waals surface area contributed by atoms with Crippen molar-refractivity contribution < 1.29 is 27.9 Å². The van der Waals surface area contributed by atoms with E-state index in [0.717, 1.165) is 12.1 Å². The zero-order chi connectivity index (χ0) is 17.8. The number of carboxylic acid groups (broad SMARTS) is 1. The summed E-state index contributed by atoms with van der Waals surface area (Å²) in [5.41, 5.74) is 4.78. The number of primary sulfonamides is 1. The lowest BCUT2D eigenvalue weighted by atomic mass is 10.1. The summed E-state index contributed by atoms with van der Waals surface area (Å²) in [7, 11) is -4.15. The summed E-state index contributed by atoms with van der Waals surface area (Å²) < 4.78 is 22.7. The Labute approximate surface area is 136 Å². The van der Waals surface area contributed by atoms with E-state index in [9.17, 15) is 22.8 Å². The van der Waals surface area contributed by atoms with Gasteiger partial charge in [0.25, 0.3) is 5.91 Å². The normalized spacial score (nSPS) is 12.4. The number of aliphatic carboxylic acids is 1. The zero-order valence-electron chi connectivity index (χ0n) is 11.7. The van der Waals surface area contributed by atoms with E-state index in [1.54, 1.807) is 0 Å². The fraction of sp³-hybridized carbons (Fsp3) is 0.250. The molecule has 0 aromatic heterocycles. The van der Waals surface area contributed by atoms with Gasteiger partial charge in [-0.05, 0) is 24.6 Å². The van der Waals surface area contributed by atoms with Crippen molar-refractivity contribution in [3.05, 3.63) is 28.8 Å². The molecule has 0 unspecified atom stereocenters. The van der Waals surface area contributed by atoms with Crippen molar-refractivity contribution >= 4 is 39.4 Å². The van der Waals surface area contributed by atoms with Gasteiger partial charge >= 0.3 is 5.97 Å². The predicted molar refractivity (Wildman–Crippen MR) is 80.1 cm³/mol. The van der Waals surface area contributed by atoms with Crippen LogP contribution in [0.5, 0.6) is 0 Å². The Hall–Kier alpha value is -2.17. The summed E-state index contributed by atoms with van der Waals surface area (Å²) in [6.45, 7) is 0. The van der Waals surface area contributed by atoms with Gasteiger partial charge < -0.3 is 16.2 Å². The Morgan fingerprint density at radius 3 is 2.39 bits per heavy atom. The molecule has 2 amide bonds. The molecule has 0 aliphatic carbocycles. The quantitative estimate of drug-likeness (QED) is 0.505. The molecule has 6 N–H and O–H groups in total. The number of nitrogens with two attached hydrogens (primary N) is 2. The monoisotopic (exact) mass is 363 g/mol. The largest absolute Gasteiger partial charge is 0.480 e. The lowest BCUT2D eigenvalue weighted by molar-refractivity contribution is -0.139. The van der Waals surface area contributed by atoms with E-state index >= 15 is 0 Å². The third kappa shape index (κ3) is 5.51. The third-order valence-corrected chi connectivity index (χ3v) is 4.18. The van der Waals surface area contributed by atoms with Crippen LogP contribution in [0, 0.1) is 0 Å². The summed E-state index contributed by atoms with van der Waals surface area (Å²) in [6, 6.07) is 1.93. The van der Waals surface area contributed by atoms with E-state index in [1.165, 1.54) is 6.07 Å². The van der Waals surface area contributed by atoms with Crippen LogP contribution in [0.1, 0.15) is 23.2 Å². The van der Waals surface area contributed by atoms with Crippen molar-refractivity contribution in [2.45, 2.75) is 23.8 Å². The number of sulfonamides is 1. The van der Waals surface area contributed by atoms with E-state index < -0.39 is 38.7 Å². The van der Waals surface area contributed by atoms with Gasteiger partial charge in [0.2, 0.25) is 15.9 Å². The highest BCUT2D eigenvalue weighted by molar-refractivity contribution is 7.89. The standard InChI is InChI=1S/C12H14ClN3O6S/c13-7-2-1-6(5-9(7)23(15,21)22)11(18)16-8(12(19)20)3-4-10(14)17/h1-2,5,8H,3-4H2,(H2,14,17)(H,16,18)(H,19,20)(H2,15,21,22)/t8-/m0/s1. The first-order valence-electron chi connectivity index (χ1n) is 6.16. The molecule has 9 nitrogen and oxygen atoms in total. The minimum atomic E-state index is -4.15. The van der Waals surface area contributed by atoms with Gasteiger partial charge in [-0.1, -0.05) is 11.6 Å². The van der Waals surface area contributed by atoms with Crippen LogP contribution in [0.15, 0.2) is 23.1 Å². The summed E-state index contributed by atoms with van der Waals surface area (Å²) in [5.74, 6) is -2.93. The van der Waals surface area contributed by atoms with Gasteiger partial charge in [0.05, 0.1) is 5.02 Å². The van der Waals surface area contributed by atoms with Crippen LogP contribution >= 0.6 is 11.6 Å². The van der Waals surface area contributed by atoms with Crippen LogP contribution in [-0.4, -0.2) is 37.3 Å². The molecule has 1 rings (SSSR count). The van der Waals surface area contributed by atoms with Gasteiger partial charge in [-0.25, -0.2) is 18.4 Å². The molecule has 0 bridgehead atoms. The second-order valence-electron chi connectivity index (χ2n) is 4.56. The maximum atomic E-state index is 12.0. The minimum absolute atomic E-state index is 0.149. The average molecular weight is 364 g/mol. The number of rotatable bonds is 7. The van der Waals surface area contributed by atoms with Crippen molar-refractivity contribution in [3.63, 3.8) is 0 Å². The SMILES string of the molecule is NC(=O)CC[C@H](NC(=O)c1ccc(Cl)c(S(N)(=O)=O)c1)C(=O)O. The molecule has 23 heavy (non-hydrogen) atoms. The predicted octanol–water partition coefficient (Wildman–Crippen LogP) is -0.564. The van der Waals surface area contributed by atoms with Crippen LogP contribution in [0.4, 0.5) is 0 Å². The van der Waals surface area contributed by atoms with Crippen LogP contribution in [0.2, 0.25) is 5.02 Å². The first-order chi connectivity index (χ1) is 10.5. The van der Waals surface area contributed by atoms with Gasteiger partial charge in [0.15, 0.2) is 0 Å². The summed E-state index contributed by atoms with van der Waals surface area (Å²) in [5, 5.41) is 16.0. The summed E-state index contributed by atoms with van der Waals surface area (Å²) in [6.07, 6.45) is -0.438. The fourth-order valence-corrected chi connectivity index (χ4v) is 2.72. The van der Waals surface area contributed by atoms with E-state index in [1.807, 2.05) is 0 Å². The second-order valence-corrected chi connectivity index (χ2v) is 6.50. The molecule has 0 saturated carbocycles. The third-order valence-electron chi connectivity index (χ3n) is 2.78. The Kier molecular flexibility index (Phi) is 6.07. The van der Waals surface area contributed by atoms with Crippen molar-refractivity contribution in [2.75, 3.05) is 0 Å². The summed E-state index contributed by atoms with van der Waals surface area (Å²) >= 11 is 5.69. The van der Waals surface area contributed by atoms with E-state index in [2.05, 4.69) is 5.32 Å². The molecular formula is C12H14ClN3O6S. The number of carbonyl (C=O) groups excluding carboxylic acids is 2. The van der Waals surface area contributed by atoms with Gasteiger partial charge in [-0.3, -0.25) is 9.59 Å². The zero-order valence-corrected chi connectivity index (χ0v) is 13.2. The molecule has 0 aliphatic rings. The number of carboxylic acids is 1. The Balaban J connectivity index is 3.00. The van der Waals surface area contributed by atoms with Crippen molar-refractivity contribution in [3.8, 4) is 0 Å². The maximum absolute atomic E-state index is 12.0. The van der Waals surface area contributed by atoms with E-state index in [-0.39, 0.29) is 23.4 Å². The van der Waals surface area contributed by atoms with Crippen molar-refractivity contribution in [1.29, 1.82) is 0 Å². The second kappa shape index (κ2) is 7.40. The molecule has 0 aliphatic heterocycles. The van der Waals surface area contributed by atoms with Crippen molar-refractivity contribution in [2.24, 2.45) is 10.9 Å². The minimum Gasteiger partial charge on any atom is -0.480 e. The number of halogens is 1. The van der Waals surface area contributed by atoms with Gasteiger partial charge in [0.1, 0.15) is 10.9 Å². The Bertz CT molecular complexity index is 749. The molecule has 0 fully saturated rings. The lowest BCUT2D eigenvalue weighted by Gasteiger charge is -2.14. The van der Waals surface area contributed by atoms with Crippen LogP contribution in [-0.2, 0) is 19.6 Å². The molecule has 11 heteroatoms. The lowest BCUT2D eigenvalue weighted by Crippen LogP contribution is -2.41. The number of hydrogen-bond donors (Lipinski definition) is 4. The summed E-state index contributed by atoms with van der Waals surface area (Å²) in [4.78, 5) is 33.3. The topological polar surface area (TPSA) is 170 Å². The molecule has 126 valence electrons.